The molecule has 0 radical (unpaired) electrons. The molecule has 2 N–H and O–H groups in total. The van der Waals surface area contributed by atoms with Crippen molar-refractivity contribution in [2.75, 3.05) is 17.7 Å². The molecule has 0 saturated carbocycles. The van der Waals surface area contributed by atoms with Gasteiger partial charge in [-0.15, -0.1) is 0 Å². The average Bonchev–Trinajstić information content (AvgIpc) is 2.63. The number of halogens is 1. The predicted molar refractivity (Wildman–Crippen MR) is 102 cm³/mol. The Morgan fingerprint density at radius 3 is 2.54 bits per heavy atom. The Morgan fingerprint density at radius 1 is 1.08 bits per heavy atom. The molecular weight excluding hydrogens is 352 g/mol. The van der Waals surface area contributed by atoms with E-state index in [1.54, 1.807) is 44.4 Å². The number of ether oxygens (including phenoxy) is 1. The highest BCUT2D eigenvalue weighted by atomic mass is 35.5. The van der Waals surface area contributed by atoms with Crippen molar-refractivity contribution in [2.45, 2.75) is 6.92 Å². The highest BCUT2D eigenvalue weighted by molar-refractivity contribution is 6.30. The fraction of sp³-hybridized carbons (Fsp3) is 0.105. The monoisotopic (exact) mass is 368 g/mol. The number of benzene rings is 2. The number of para-hydroxylation sites is 2. The van der Waals surface area contributed by atoms with Crippen LogP contribution in [0, 0.1) is 6.92 Å². The third-order valence-corrected chi connectivity index (χ3v) is 3.79. The first-order valence-corrected chi connectivity index (χ1v) is 8.25. The van der Waals surface area contributed by atoms with E-state index < -0.39 is 0 Å². The maximum absolute atomic E-state index is 12.6. The molecule has 6 nitrogen and oxygen atoms in total. The summed E-state index contributed by atoms with van der Waals surface area (Å²) in [7, 11) is 1.55. The van der Waals surface area contributed by atoms with Gasteiger partial charge >= 0.3 is 0 Å². The minimum Gasteiger partial charge on any atom is -0.495 e. The first kappa shape index (κ1) is 17.7. The number of rotatable bonds is 5. The zero-order chi connectivity index (χ0) is 18.5. The fourth-order valence-electron chi connectivity index (χ4n) is 2.34. The van der Waals surface area contributed by atoms with E-state index in [0.29, 0.717) is 28.1 Å². The van der Waals surface area contributed by atoms with Crippen molar-refractivity contribution in [1.29, 1.82) is 0 Å². The molecule has 0 saturated heterocycles. The lowest BCUT2D eigenvalue weighted by Gasteiger charge is -2.11. The highest BCUT2D eigenvalue weighted by Gasteiger charge is 2.13. The molecule has 1 heterocycles. The van der Waals surface area contributed by atoms with E-state index in [1.807, 2.05) is 24.3 Å². The Labute approximate surface area is 156 Å². The van der Waals surface area contributed by atoms with Gasteiger partial charge in [-0.2, -0.15) is 0 Å². The number of nitrogens with one attached hydrogen (secondary N) is 2. The van der Waals surface area contributed by atoms with Gasteiger partial charge in [0.25, 0.3) is 5.91 Å². The Hall–Kier alpha value is -3.12. The van der Waals surface area contributed by atoms with Gasteiger partial charge in [0, 0.05) is 16.4 Å². The molecule has 1 amide bonds. The number of hydrogen-bond donors (Lipinski definition) is 2. The molecule has 3 rings (SSSR count). The summed E-state index contributed by atoms with van der Waals surface area (Å²) < 4.78 is 5.25. The summed E-state index contributed by atoms with van der Waals surface area (Å²) in [5, 5.41) is 6.51. The Morgan fingerprint density at radius 2 is 1.81 bits per heavy atom. The van der Waals surface area contributed by atoms with Crippen LogP contribution in [0.25, 0.3) is 0 Å². The van der Waals surface area contributed by atoms with Crippen molar-refractivity contribution in [3.8, 4) is 5.75 Å². The van der Waals surface area contributed by atoms with Gasteiger partial charge in [0.2, 0.25) is 5.95 Å². The Bertz CT molecular complexity index is 929. The van der Waals surface area contributed by atoms with E-state index in [-0.39, 0.29) is 11.6 Å². The first-order chi connectivity index (χ1) is 12.5. The van der Waals surface area contributed by atoms with Gasteiger partial charge in [-0.1, -0.05) is 23.7 Å². The van der Waals surface area contributed by atoms with E-state index in [0.717, 1.165) is 5.69 Å². The van der Waals surface area contributed by atoms with Crippen LogP contribution >= 0.6 is 11.6 Å². The molecule has 0 spiro atoms. The van der Waals surface area contributed by atoms with Gasteiger partial charge < -0.3 is 15.4 Å². The lowest BCUT2D eigenvalue weighted by Crippen LogP contribution is -2.16. The lowest BCUT2D eigenvalue weighted by atomic mass is 10.2. The van der Waals surface area contributed by atoms with Crippen molar-refractivity contribution in [2.24, 2.45) is 0 Å². The van der Waals surface area contributed by atoms with E-state index in [4.69, 9.17) is 16.3 Å². The molecule has 0 bridgehead atoms. The topological polar surface area (TPSA) is 76.1 Å². The molecule has 0 aliphatic heterocycles. The number of hydrogen-bond acceptors (Lipinski definition) is 5. The molecular formula is C19H17ClN4O2. The Balaban J connectivity index is 1.82. The maximum atomic E-state index is 12.6. The highest BCUT2D eigenvalue weighted by Crippen LogP contribution is 2.24. The first-order valence-electron chi connectivity index (χ1n) is 7.88. The number of nitrogens with zero attached hydrogens (tertiary/aromatic N) is 2. The molecule has 1 aromatic heterocycles. The van der Waals surface area contributed by atoms with Crippen molar-refractivity contribution < 1.29 is 9.53 Å². The summed E-state index contributed by atoms with van der Waals surface area (Å²) in [6.45, 7) is 1.80. The van der Waals surface area contributed by atoms with Crippen LogP contribution in [0.1, 0.15) is 16.2 Å². The maximum Gasteiger partial charge on any atom is 0.274 e. The molecule has 0 unspecified atom stereocenters. The number of methoxy groups -OCH3 is 1. The van der Waals surface area contributed by atoms with Gasteiger partial charge in [0.15, 0.2) is 0 Å². The van der Waals surface area contributed by atoms with E-state index in [2.05, 4.69) is 20.6 Å². The second-order valence-electron chi connectivity index (χ2n) is 5.50. The summed E-state index contributed by atoms with van der Waals surface area (Å²) in [5.41, 5.74) is 2.26. The molecule has 0 fully saturated rings. The molecule has 0 atom stereocenters. The lowest BCUT2D eigenvalue weighted by molar-refractivity contribution is 0.102. The van der Waals surface area contributed by atoms with Gasteiger partial charge in [0.05, 0.1) is 12.8 Å². The van der Waals surface area contributed by atoms with Crippen molar-refractivity contribution in [1.82, 2.24) is 9.97 Å². The van der Waals surface area contributed by atoms with Gasteiger partial charge in [0.1, 0.15) is 11.4 Å². The second-order valence-corrected chi connectivity index (χ2v) is 5.94. The summed E-state index contributed by atoms with van der Waals surface area (Å²) in [6.07, 6.45) is 0. The summed E-state index contributed by atoms with van der Waals surface area (Å²) in [4.78, 5) is 21.2. The van der Waals surface area contributed by atoms with E-state index in [1.165, 1.54) is 0 Å². The van der Waals surface area contributed by atoms with Crippen LogP contribution in [0.2, 0.25) is 5.02 Å². The predicted octanol–water partition coefficient (Wildman–Crippen LogP) is 4.44. The zero-order valence-electron chi connectivity index (χ0n) is 14.3. The molecule has 132 valence electrons. The van der Waals surface area contributed by atoms with Gasteiger partial charge in [-0.05, 0) is 49.4 Å². The number of aryl methyl sites for hydroxylation is 1. The normalized spacial score (nSPS) is 10.3. The fourth-order valence-corrected chi connectivity index (χ4v) is 2.46. The molecule has 3 aromatic rings. The summed E-state index contributed by atoms with van der Waals surface area (Å²) in [5.74, 6) is 0.558. The smallest absolute Gasteiger partial charge is 0.274 e. The van der Waals surface area contributed by atoms with E-state index >= 15 is 0 Å². The number of carbonyl (C=O) groups excluding carboxylic acids is 1. The van der Waals surface area contributed by atoms with Crippen LogP contribution in [-0.2, 0) is 0 Å². The largest absolute Gasteiger partial charge is 0.495 e. The van der Waals surface area contributed by atoms with Crippen LogP contribution in [0.4, 0.5) is 17.3 Å². The van der Waals surface area contributed by atoms with Crippen LogP contribution in [0.15, 0.2) is 54.6 Å². The van der Waals surface area contributed by atoms with E-state index in [9.17, 15) is 4.79 Å². The number of carbonyl (C=O) groups is 1. The van der Waals surface area contributed by atoms with Crippen LogP contribution in [0.5, 0.6) is 5.75 Å². The van der Waals surface area contributed by atoms with Crippen LogP contribution in [-0.4, -0.2) is 23.0 Å². The molecule has 0 aliphatic carbocycles. The van der Waals surface area contributed by atoms with Gasteiger partial charge in [-0.25, -0.2) is 9.97 Å². The molecule has 7 heteroatoms. The van der Waals surface area contributed by atoms with Crippen molar-refractivity contribution in [3.63, 3.8) is 0 Å². The third-order valence-electron chi connectivity index (χ3n) is 3.54. The van der Waals surface area contributed by atoms with Crippen molar-refractivity contribution in [3.05, 3.63) is 71.0 Å². The minimum absolute atomic E-state index is 0.250. The summed E-state index contributed by atoms with van der Waals surface area (Å²) in [6, 6.07) is 15.9. The molecule has 0 aliphatic rings. The standard InChI is InChI=1S/C19H17ClN4O2/c1-12-11-16(18(25)23-15-5-3-4-6-17(15)26-2)24-19(21-12)22-14-9-7-13(20)8-10-14/h3-11H,1-2H3,(H,23,25)(H,21,22,24). The van der Waals surface area contributed by atoms with Crippen molar-refractivity contribution >= 4 is 34.8 Å². The van der Waals surface area contributed by atoms with Crippen LogP contribution < -0.4 is 15.4 Å². The third kappa shape index (κ3) is 4.29. The number of aromatic nitrogens is 2. The Kier molecular flexibility index (Phi) is 5.34. The summed E-state index contributed by atoms with van der Waals surface area (Å²) >= 11 is 5.89. The molecule has 2 aromatic carbocycles. The zero-order valence-corrected chi connectivity index (χ0v) is 15.0. The SMILES string of the molecule is COc1ccccc1NC(=O)c1cc(C)nc(Nc2ccc(Cl)cc2)n1. The van der Waals surface area contributed by atoms with Crippen LogP contribution in [0.3, 0.4) is 0 Å². The molecule has 26 heavy (non-hydrogen) atoms. The number of amides is 1. The number of anilines is 3. The average molecular weight is 369 g/mol. The minimum atomic E-state index is -0.348. The van der Waals surface area contributed by atoms with Gasteiger partial charge in [-0.3, -0.25) is 4.79 Å². The second kappa shape index (κ2) is 7.84. The quantitative estimate of drug-likeness (QED) is 0.696.